The van der Waals surface area contributed by atoms with Crippen molar-refractivity contribution in [3.8, 4) is 11.3 Å². The second-order valence-electron chi connectivity index (χ2n) is 8.49. The third-order valence-corrected chi connectivity index (χ3v) is 5.78. The smallest absolute Gasteiger partial charge is 0.272 e. The van der Waals surface area contributed by atoms with Gasteiger partial charge in [-0.3, -0.25) is 14.2 Å². The van der Waals surface area contributed by atoms with Crippen molar-refractivity contribution in [2.45, 2.75) is 46.6 Å². The number of aryl methyl sites for hydroxylation is 2. The van der Waals surface area contributed by atoms with E-state index >= 15 is 0 Å². The van der Waals surface area contributed by atoms with Gasteiger partial charge < -0.3 is 4.90 Å². The molecule has 0 bridgehead atoms. The van der Waals surface area contributed by atoms with Gasteiger partial charge in [0.15, 0.2) is 0 Å². The summed E-state index contributed by atoms with van der Waals surface area (Å²) in [6, 6.07) is 12.4. The van der Waals surface area contributed by atoms with Crippen LogP contribution in [0, 0.1) is 5.92 Å². The molecule has 1 aliphatic rings. The monoisotopic (exact) mass is 405 g/mol. The van der Waals surface area contributed by atoms with Crippen LogP contribution in [-0.2, 0) is 32.9 Å². The molecule has 0 aliphatic carbocycles. The predicted octanol–water partition coefficient (Wildman–Crippen LogP) is 3.74. The highest BCUT2D eigenvalue weighted by atomic mass is 16.2. The van der Waals surface area contributed by atoms with Crippen LogP contribution in [0.5, 0.6) is 0 Å². The highest BCUT2D eigenvalue weighted by Crippen LogP contribution is 2.28. The molecule has 3 aromatic rings. The van der Waals surface area contributed by atoms with Crippen LogP contribution in [0.25, 0.3) is 11.3 Å². The zero-order chi connectivity index (χ0) is 21.3. The summed E-state index contributed by atoms with van der Waals surface area (Å²) in [4.78, 5) is 15.3. The molecule has 0 atom stereocenters. The number of carbonyl (C=O) groups excluding carboxylic acids is 1. The fourth-order valence-corrected chi connectivity index (χ4v) is 4.41. The Bertz CT molecular complexity index is 1030. The van der Waals surface area contributed by atoms with Crippen molar-refractivity contribution in [2.24, 2.45) is 13.0 Å². The normalized spacial score (nSPS) is 14.1. The van der Waals surface area contributed by atoms with Gasteiger partial charge in [0.05, 0.1) is 17.1 Å². The van der Waals surface area contributed by atoms with Gasteiger partial charge in [0, 0.05) is 44.2 Å². The number of aromatic nitrogens is 4. The van der Waals surface area contributed by atoms with E-state index < -0.39 is 0 Å². The first-order chi connectivity index (χ1) is 14.5. The van der Waals surface area contributed by atoms with Gasteiger partial charge in [0.25, 0.3) is 5.91 Å². The molecule has 6 heteroatoms. The van der Waals surface area contributed by atoms with Crippen LogP contribution in [-0.4, -0.2) is 43.5 Å². The Morgan fingerprint density at radius 3 is 2.53 bits per heavy atom. The fraction of sp³-hybridized carbons (Fsp3) is 0.458. The quantitative estimate of drug-likeness (QED) is 0.650. The zero-order valence-corrected chi connectivity index (χ0v) is 18.4. The van der Waals surface area contributed by atoms with E-state index in [-0.39, 0.29) is 5.91 Å². The minimum absolute atomic E-state index is 0.0788. The summed E-state index contributed by atoms with van der Waals surface area (Å²) in [5.74, 6) is 0.596. The lowest BCUT2D eigenvalue weighted by Crippen LogP contribution is -2.34. The average Bonchev–Trinajstić information content (AvgIpc) is 3.21. The van der Waals surface area contributed by atoms with Crippen LogP contribution in [0.3, 0.4) is 0 Å². The van der Waals surface area contributed by atoms with Crippen LogP contribution in [0.15, 0.2) is 36.4 Å². The Kier molecular flexibility index (Phi) is 5.75. The van der Waals surface area contributed by atoms with Crippen molar-refractivity contribution in [1.82, 2.24) is 24.5 Å². The second kappa shape index (κ2) is 8.46. The van der Waals surface area contributed by atoms with Gasteiger partial charge in [-0.2, -0.15) is 10.2 Å². The number of hydrogen-bond donors (Lipinski definition) is 0. The number of rotatable bonds is 5. The molecular formula is C24H31N5O. The highest BCUT2D eigenvalue weighted by Gasteiger charge is 2.27. The van der Waals surface area contributed by atoms with Gasteiger partial charge >= 0.3 is 0 Å². The van der Waals surface area contributed by atoms with Gasteiger partial charge in [-0.15, -0.1) is 0 Å². The Labute approximate surface area is 178 Å². The minimum atomic E-state index is 0.0788. The molecule has 0 radical (unpaired) electrons. The van der Waals surface area contributed by atoms with Crippen molar-refractivity contribution in [3.63, 3.8) is 0 Å². The lowest BCUT2D eigenvalue weighted by molar-refractivity contribution is 0.0750. The van der Waals surface area contributed by atoms with Crippen LogP contribution < -0.4 is 0 Å². The van der Waals surface area contributed by atoms with Crippen molar-refractivity contribution >= 4 is 5.91 Å². The number of benzene rings is 1. The lowest BCUT2D eigenvalue weighted by Gasteiger charge is -2.20. The number of carbonyl (C=O) groups is 1. The number of fused-ring (bicyclic) bond motifs is 1. The maximum atomic E-state index is 13.4. The third-order valence-electron chi connectivity index (χ3n) is 5.78. The van der Waals surface area contributed by atoms with Crippen LogP contribution in [0.2, 0.25) is 0 Å². The molecule has 158 valence electrons. The molecule has 6 nitrogen and oxygen atoms in total. The van der Waals surface area contributed by atoms with Gasteiger partial charge in [0.2, 0.25) is 0 Å². The molecule has 1 aromatic carbocycles. The molecule has 4 rings (SSSR count). The first-order valence-corrected chi connectivity index (χ1v) is 10.9. The Morgan fingerprint density at radius 1 is 1.10 bits per heavy atom. The summed E-state index contributed by atoms with van der Waals surface area (Å²) in [7, 11) is 2.01. The Morgan fingerprint density at radius 2 is 1.83 bits per heavy atom. The molecule has 0 saturated carbocycles. The Hall–Kier alpha value is -2.89. The van der Waals surface area contributed by atoms with Crippen LogP contribution in [0.4, 0.5) is 0 Å². The summed E-state index contributed by atoms with van der Waals surface area (Å²) < 4.78 is 3.84. The van der Waals surface area contributed by atoms with Crippen LogP contribution in [0.1, 0.15) is 48.2 Å². The molecular weight excluding hydrogens is 374 g/mol. The maximum absolute atomic E-state index is 13.4. The highest BCUT2D eigenvalue weighted by molar-refractivity contribution is 5.92. The molecule has 30 heavy (non-hydrogen) atoms. The van der Waals surface area contributed by atoms with Crippen molar-refractivity contribution in [2.75, 3.05) is 13.1 Å². The number of amides is 1. The third kappa shape index (κ3) is 3.91. The summed E-state index contributed by atoms with van der Waals surface area (Å²) in [5.41, 5.74) is 6.42. The maximum Gasteiger partial charge on any atom is 0.272 e. The van der Waals surface area contributed by atoms with Gasteiger partial charge in [-0.1, -0.05) is 44.2 Å². The first kappa shape index (κ1) is 20.4. The molecule has 0 saturated heterocycles. The average molecular weight is 406 g/mol. The lowest BCUT2D eigenvalue weighted by atomic mass is 10.0. The van der Waals surface area contributed by atoms with E-state index in [0.29, 0.717) is 31.2 Å². The standard InChI is InChI=1S/C24H31N5O/c1-5-29-22(16-19(25-29)15-17(2)3)24(30)28-13-11-20-21(12-14-28)26-27(4)23(20)18-9-7-6-8-10-18/h6-10,16-17H,5,11-15H2,1-4H3. The van der Waals surface area contributed by atoms with Crippen LogP contribution >= 0.6 is 0 Å². The number of hydrogen-bond acceptors (Lipinski definition) is 3. The summed E-state index contributed by atoms with van der Waals surface area (Å²) in [6.07, 6.45) is 2.49. The van der Waals surface area contributed by atoms with E-state index in [4.69, 9.17) is 5.10 Å². The van der Waals surface area contributed by atoms with Gasteiger partial charge in [-0.25, -0.2) is 0 Å². The van der Waals surface area contributed by atoms with E-state index in [1.165, 1.54) is 11.1 Å². The minimum Gasteiger partial charge on any atom is -0.337 e. The SMILES string of the molecule is CCn1nc(CC(C)C)cc1C(=O)N1CCc2nn(C)c(-c3ccccc3)c2CC1. The van der Waals surface area contributed by atoms with E-state index in [1.54, 1.807) is 0 Å². The van der Waals surface area contributed by atoms with Gasteiger partial charge in [0.1, 0.15) is 5.69 Å². The van der Waals surface area contributed by atoms with Crippen molar-refractivity contribution in [1.29, 1.82) is 0 Å². The van der Waals surface area contributed by atoms with Crippen molar-refractivity contribution in [3.05, 3.63) is 59.0 Å². The van der Waals surface area contributed by atoms with E-state index in [9.17, 15) is 4.79 Å². The topological polar surface area (TPSA) is 56.0 Å². The van der Waals surface area contributed by atoms with Crippen molar-refractivity contribution < 1.29 is 4.79 Å². The molecule has 0 unspecified atom stereocenters. The van der Waals surface area contributed by atoms with E-state index in [2.05, 4.69) is 43.2 Å². The molecule has 1 aliphatic heterocycles. The first-order valence-electron chi connectivity index (χ1n) is 10.9. The molecule has 0 spiro atoms. The molecule has 2 aromatic heterocycles. The summed E-state index contributed by atoms with van der Waals surface area (Å²) in [6.45, 7) is 8.48. The largest absolute Gasteiger partial charge is 0.337 e. The zero-order valence-electron chi connectivity index (χ0n) is 18.4. The van der Waals surface area contributed by atoms with E-state index in [0.717, 1.165) is 36.3 Å². The molecule has 3 heterocycles. The predicted molar refractivity (Wildman–Crippen MR) is 118 cm³/mol. The number of nitrogens with zero attached hydrogens (tertiary/aromatic N) is 5. The molecule has 1 amide bonds. The summed E-state index contributed by atoms with van der Waals surface area (Å²) in [5, 5.41) is 9.44. The molecule has 0 fully saturated rings. The van der Waals surface area contributed by atoms with E-state index in [1.807, 2.05) is 40.4 Å². The summed E-state index contributed by atoms with van der Waals surface area (Å²) >= 11 is 0. The van der Waals surface area contributed by atoms with Gasteiger partial charge in [-0.05, 0) is 31.7 Å². The fourth-order valence-electron chi connectivity index (χ4n) is 4.41. The molecule has 0 N–H and O–H groups in total. The Balaban J connectivity index is 1.57. The second-order valence-corrected chi connectivity index (χ2v) is 8.49.